The van der Waals surface area contributed by atoms with Crippen LogP contribution in [0.2, 0.25) is 0 Å². The van der Waals surface area contributed by atoms with Crippen molar-refractivity contribution in [3.8, 4) is 22.8 Å². The summed E-state index contributed by atoms with van der Waals surface area (Å²) < 4.78 is 36.9. The molecule has 1 fully saturated rings. The standard InChI is InChI=1S/C28H30N4O5S/c1-18-26-23(28(33)29-13-11-19-7-4-5-10-25(19)37-3)16-24(20-8-6-9-22(15-20)36-2)30-27(26)32(31-18)21-12-14-38(34,35)17-21/h4-10,15-16,21H,11-14,17H2,1-3H3,(H,29,33). The van der Waals surface area contributed by atoms with Crippen molar-refractivity contribution >= 4 is 26.8 Å². The molecule has 0 bridgehead atoms. The van der Waals surface area contributed by atoms with Gasteiger partial charge in [0, 0.05) is 12.1 Å². The van der Waals surface area contributed by atoms with E-state index in [1.807, 2.05) is 55.5 Å². The van der Waals surface area contributed by atoms with E-state index in [1.165, 1.54) is 0 Å². The Morgan fingerprint density at radius 2 is 1.92 bits per heavy atom. The van der Waals surface area contributed by atoms with E-state index in [9.17, 15) is 13.2 Å². The second-order valence-electron chi connectivity index (χ2n) is 9.39. The zero-order valence-corrected chi connectivity index (χ0v) is 22.4. The second-order valence-corrected chi connectivity index (χ2v) is 11.6. The average Bonchev–Trinajstić information content (AvgIpc) is 3.46. The molecule has 5 rings (SSSR count). The molecule has 0 spiro atoms. The third-order valence-corrected chi connectivity index (χ3v) is 8.62. The summed E-state index contributed by atoms with van der Waals surface area (Å²) in [7, 11) is 0.0792. The maximum atomic E-state index is 13.6. The zero-order chi connectivity index (χ0) is 26.9. The molecule has 9 nitrogen and oxygen atoms in total. The van der Waals surface area contributed by atoms with Crippen molar-refractivity contribution in [1.29, 1.82) is 0 Å². The molecular weight excluding hydrogens is 504 g/mol. The fraction of sp³-hybridized carbons (Fsp3) is 0.321. The summed E-state index contributed by atoms with van der Waals surface area (Å²) in [6, 6.07) is 16.6. The van der Waals surface area contributed by atoms with Gasteiger partial charge in [-0.2, -0.15) is 5.10 Å². The van der Waals surface area contributed by atoms with E-state index in [1.54, 1.807) is 25.0 Å². The SMILES string of the molecule is COc1cccc(-c2cc(C(=O)NCCc3ccccc3OC)c3c(C)nn(C4CCS(=O)(=O)C4)c3n2)c1. The molecule has 0 aliphatic carbocycles. The second kappa shape index (κ2) is 10.4. The van der Waals surface area contributed by atoms with Crippen LogP contribution in [-0.2, 0) is 16.3 Å². The summed E-state index contributed by atoms with van der Waals surface area (Å²) in [6.07, 6.45) is 1.06. The number of rotatable bonds is 8. The van der Waals surface area contributed by atoms with E-state index in [0.29, 0.717) is 53.1 Å². The van der Waals surface area contributed by atoms with Gasteiger partial charge in [0.1, 0.15) is 11.5 Å². The van der Waals surface area contributed by atoms with Gasteiger partial charge < -0.3 is 14.8 Å². The predicted octanol–water partition coefficient (Wildman–Crippen LogP) is 3.76. The molecule has 1 aliphatic heterocycles. The van der Waals surface area contributed by atoms with Crippen molar-refractivity contribution in [3.63, 3.8) is 0 Å². The van der Waals surface area contributed by atoms with Crippen LogP contribution in [0.25, 0.3) is 22.3 Å². The lowest BCUT2D eigenvalue weighted by Gasteiger charge is -2.13. The Labute approximate surface area is 221 Å². The molecule has 3 heterocycles. The number of carbonyl (C=O) groups is 1. The van der Waals surface area contributed by atoms with Gasteiger partial charge in [-0.05, 0) is 49.6 Å². The van der Waals surface area contributed by atoms with Crippen LogP contribution in [-0.4, -0.2) is 61.4 Å². The third-order valence-electron chi connectivity index (χ3n) is 6.87. The highest BCUT2D eigenvalue weighted by Crippen LogP contribution is 2.33. The van der Waals surface area contributed by atoms with Gasteiger partial charge in [0.2, 0.25) is 0 Å². The zero-order valence-electron chi connectivity index (χ0n) is 21.6. The molecule has 198 valence electrons. The summed E-state index contributed by atoms with van der Waals surface area (Å²) in [5.74, 6) is 1.31. The smallest absolute Gasteiger partial charge is 0.252 e. The fourth-order valence-electron chi connectivity index (χ4n) is 4.96. The monoisotopic (exact) mass is 534 g/mol. The first-order chi connectivity index (χ1) is 18.3. The van der Waals surface area contributed by atoms with Crippen LogP contribution in [0, 0.1) is 6.92 Å². The summed E-state index contributed by atoms with van der Waals surface area (Å²) in [5.41, 5.74) is 3.92. The molecular formula is C28H30N4O5S. The van der Waals surface area contributed by atoms with Crippen molar-refractivity contribution in [2.75, 3.05) is 32.3 Å². The van der Waals surface area contributed by atoms with Gasteiger partial charge in [0.05, 0.1) is 54.1 Å². The minimum absolute atomic E-state index is 0.00866. The van der Waals surface area contributed by atoms with Crippen LogP contribution in [0.4, 0.5) is 0 Å². The van der Waals surface area contributed by atoms with E-state index in [2.05, 4.69) is 10.4 Å². The van der Waals surface area contributed by atoms with Crippen molar-refractivity contribution in [2.24, 2.45) is 0 Å². The third kappa shape index (κ3) is 5.08. The highest BCUT2D eigenvalue weighted by molar-refractivity contribution is 7.91. The number of benzene rings is 2. The van der Waals surface area contributed by atoms with E-state index >= 15 is 0 Å². The molecule has 1 atom stereocenters. The van der Waals surface area contributed by atoms with E-state index < -0.39 is 9.84 Å². The first kappa shape index (κ1) is 25.7. The highest BCUT2D eigenvalue weighted by atomic mass is 32.2. The maximum absolute atomic E-state index is 13.6. The van der Waals surface area contributed by atoms with Crippen molar-refractivity contribution in [2.45, 2.75) is 25.8 Å². The number of aromatic nitrogens is 3. The molecule has 1 aliphatic rings. The number of ether oxygens (including phenoxy) is 2. The van der Waals surface area contributed by atoms with Gasteiger partial charge in [-0.15, -0.1) is 0 Å². The number of pyridine rings is 1. The van der Waals surface area contributed by atoms with Gasteiger partial charge in [-0.25, -0.2) is 18.1 Å². The Kier molecular flexibility index (Phi) is 7.07. The minimum atomic E-state index is -3.14. The molecule has 1 N–H and O–H groups in total. The quantitative estimate of drug-likeness (QED) is 0.366. The molecule has 4 aromatic rings. The van der Waals surface area contributed by atoms with E-state index in [4.69, 9.17) is 14.5 Å². The van der Waals surface area contributed by atoms with Gasteiger partial charge in [-0.1, -0.05) is 30.3 Å². The molecule has 1 saturated heterocycles. The highest BCUT2D eigenvalue weighted by Gasteiger charge is 2.32. The maximum Gasteiger partial charge on any atom is 0.252 e. The van der Waals surface area contributed by atoms with Crippen LogP contribution in [0.5, 0.6) is 11.5 Å². The van der Waals surface area contributed by atoms with Crippen LogP contribution in [0.1, 0.15) is 34.1 Å². The Morgan fingerprint density at radius 3 is 2.66 bits per heavy atom. The van der Waals surface area contributed by atoms with Crippen molar-refractivity contribution in [1.82, 2.24) is 20.1 Å². The van der Waals surface area contributed by atoms with Gasteiger partial charge in [0.25, 0.3) is 5.91 Å². The number of nitrogens with zero attached hydrogens (tertiary/aromatic N) is 3. The average molecular weight is 535 g/mol. The van der Waals surface area contributed by atoms with Crippen LogP contribution in [0.3, 0.4) is 0 Å². The molecule has 1 unspecified atom stereocenters. The Hall–Kier alpha value is -3.92. The largest absolute Gasteiger partial charge is 0.497 e. The molecule has 2 aromatic carbocycles. The number of carbonyl (C=O) groups excluding carboxylic acids is 1. The van der Waals surface area contributed by atoms with Crippen molar-refractivity contribution in [3.05, 3.63) is 71.4 Å². The Morgan fingerprint density at radius 1 is 1.11 bits per heavy atom. The van der Waals surface area contributed by atoms with E-state index in [-0.39, 0.29) is 23.5 Å². The summed E-state index contributed by atoms with van der Waals surface area (Å²) in [5, 5.41) is 8.32. The Balaban J connectivity index is 1.54. The summed E-state index contributed by atoms with van der Waals surface area (Å²) >= 11 is 0. The lowest BCUT2D eigenvalue weighted by atomic mass is 10.0. The molecule has 0 saturated carbocycles. The topological polar surface area (TPSA) is 112 Å². The first-order valence-corrected chi connectivity index (χ1v) is 14.3. The number of hydrogen-bond donors (Lipinski definition) is 1. The lowest BCUT2D eigenvalue weighted by molar-refractivity contribution is 0.0955. The molecule has 10 heteroatoms. The van der Waals surface area contributed by atoms with Crippen molar-refractivity contribution < 1.29 is 22.7 Å². The van der Waals surface area contributed by atoms with Crippen LogP contribution < -0.4 is 14.8 Å². The molecule has 1 amide bonds. The number of sulfone groups is 1. The minimum Gasteiger partial charge on any atom is -0.497 e. The van der Waals surface area contributed by atoms with Gasteiger partial charge in [0.15, 0.2) is 15.5 Å². The number of nitrogens with one attached hydrogen (secondary N) is 1. The Bertz CT molecular complexity index is 1610. The summed E-state index contributed by atoms with van der Waals surface area (Å²) in [6.45, 7) is 2.23. The summed E-state index contributed by atoms with van der Waals surface area (Å²) in [4.78, 5) is 18.4. The molecule has 38 heavy (non-hydrogen) atoms. The number of hydrogen-bond acceptors (Lipinski definition) is 7. The molecule has 0 radical (unpaired) electrons. The lowest BCUT2D eigenvalue weighted by Crippen LogP contribution is -2.26. The number of methoxy groups -OCH3 is 2. The normalized spacial score (nSPS) is 16.4. The van der Waals surface area contributed by atoms with Gasteiger partial charge >= 0.3 is 0 Å². The number of para-hydroxylation sites is 1. The van der Waals surface area contributed by atoms with Crippen LogP contribution >= 0.6 is 0 Å². The number of amides is 1. The number of aryl methyl sites for hydroxylation is 1. The predicted molar refractivity (Wildman–Crippen MR) is 146 cm³/mol. The van der Waals surface area contributed by atoms with Gasteiger partial charge in [-0.3, -0.25) is 4.79 Å². The first-order valence-electron chi connectivity index (χ1n) is 12.4. The van der Waals surface area contributed by atoms with Crippen LogP contribution in [0.15, 0.2) is 54.6 Å². The van der Waals surface area contributed by atoms with E-state index in [0.717, 1.165) is 16.9 Å². The fourth-order valence-corrected chi connectivity index (χ4v) is 6.65. The molecule has 2 aromatic heterocycles. The number of fused-ring (bicyclic) bond motifs is 1.